The van der Waals surface area contributed by atoms with Gasteiger partial charge in [0.15, 0.2) is 12.6 Å². The van der Waals surface area contributed by atoms with Gasteiger partial charge in [0.2, 0.25) is 5.91 Å². The maximum absolute atomic E-state index is 11.6. The number of ether oxygens (including phenoxy) is 4. The van der Waals surface area contributed by atoms with Crippen LogP contribution in [0.1, 0.15) is 19.4 Å². The van der Waals surface area contributed by atoms with E-state index in [1.54, 1.807) is 6.92 Å². The zero-order chi connectivity index (χ0) is 23.4. The minimum Gasteiger partial charge on any atom is -0.394 e. The third-order valence-corrected chi connectivity index (χ3v) is 5.60. The quantitative estimate of drug-likeness (QED) is 0.269. The van der Waals surface area contributed by atoms with Crippen LogP contribution in [0.3, 0.4) is 0 Å². The van der Waals surface area contributed by atoms with E-state index in [1.165, 1.54) is 6.92 Å². The summed E-state index contributed by atoms with van der Waals surface area (Å²) in [6.45, 7) is 2.40. The monoisotopic (exact) mass is 457 g/mol. The second-order valence-corrected chi connectivity index (χ2v) is 8.02. The average Bonchev–Trinajstić information content (AvgIpc) is 2.76. The number of aliphatic hydroxyl groups is 5. The molecule has 0 saturated carbocycles. The van der Waals surface area contributed by atoms with Gasteiger partial charge >= 0.3 is 0 Å². The van der Waals surface area contributed by atoms with Gasteiger partial charge in [-0.15, -0.1) is 0 Å². The Kier molecular flexibility index (Phi) is 8.55. The fraction of sp³-hybridized carbons (Fsp3) is 0.667. The Morgan fingerprint density at radius 1 is 1.03 bits per heavy atom. The van der Waals surface area contributed by atoms with E-state index in [2.05, 4.69) is 5.32 Å². The van der Waals surface area contributed by atoms with E-state index in [9.17, 15) is 30.3 Å². The zero-order valence-corrected chi connectivity index (χ0v) is 17.9. The molecule has 2 heterocycles. The van der Waals surface area contributed by atoms with Gasteiger partial charge in [-0.1, -0.05) is 30.3 Å². The molecule has 0 aliphatic carbocycles. The third-order valence-electron chi connectivity index (χ3n) is 5.60. The number of nitrogens with one attached hydrogen (secondary N) is 1. The Bertz CT molecular complexity index is 737. The molecule has 2 fully saturated rings. The lowest BCUT2D eigenvalue weighted by atomic mass is 9.96. The first-order valence-corrected chi connectivity index (χ1v) is 10.4. The van der Waals surface area contributed by atoms with Crippen LogP contribution in [0, 0.1) is 0 Å². The second-order valence-electron chi connectivity index (χ2n) is 8.02. The van der Waals surface area contributed by atoms with Gasteiger partial charge in [0.05, 0.1) is 19.3 Å². The Morgan fingerprint density at radius 3 is 2.34 bits per heavy atom. The molecule has 0 aromatic heterocycles. The molecule has 1 aromatic rings. The number of amides is 1. The summed E-state index contributed by atoms with van der Waals surface area (Å²) in [7, 11) is 0. The summed E-state index contributed by atoms with van der Waals surface area (Å²) < 4.78 is 22.5. The van der Waals surface area contributed by atoms with Crippen LogP contribution in [0.2, 0.25) is 0 Å². The van der Waals surface area contributed by atoms with Crippen molar-refractivity contribution in [3.05, 3.63) is 35.9 Å². The molecule has 10 atom stereocenters. The van der Waals surface area contributed by atoms with Crippen molar-refractivity contribution in [1.82, 2.24) is 5.32 Å². The summed E-state index contributed by atoms with van der Waals surface area (Å²) in [5.41, 5.74) is 0.875. The standard InChI is InChI=1S/C21H31NO10/c1-10-18(29-9-12-6-4-3-5-7-12)17(27)19(20(28)30-10)32-21-14(22-11(2)24)16(26)15(25)13(8-23)31-21/h3-7,10,13-21,23,25-28H,8-9H2,1-2H3,(H,22,24)/t10-,13+,14+,15-,16+,17+,18-,19+,20+,21-/m0/s1. The van der Waals surface area contributed by atoms with Crippen LogP contribution in [-0.4, -0.2) is 99.4 Å². The van der Waals surface area contributed by atoms with Gasteiger partial charge in [-0.05, 0) is 12.5 Å². The molecule has 2 aliphatic rings. The van der Waals surface area contributed by atoms with Crippen molar-refractivity contribution in [3.8, 4) is 0 Å². The number of hydrogen-bond donors (Lipinski definition) is 6. The van der Waals surface area contributed by atoms with Crippen molar-refractivity contribution in [2.75, 3.05) is 6.61 Å². The van der Waals surface area contributed by atoms with E-state index >= 15 is 0 Å². The molecular weight excluding hydrogens is 426 g/mol. The number of benzene rings is 1. The number of aliphatic hydroxyl groups excluding tert-OH is 5. The molecule has 1 amide bonds. The van der Waals surface area contributed by atoms with E-state index in [4.69, 9.17) is 18.9 Å². The van der Waals surface area contributed by atoms with Gasteiger partial charge < -0.3 is 49.8 Å². The van der Waals surface area contributed by atoms with E-state index in [1.807, 2.05) is 30.3 Å². The van der Waals surface area contributed by atoms with Crippen LogP contribution in [0.4, 0.5) is 0 Å². The maximum atomic E-state index is 11.6. The molecule has 2 aliphatic heterocycles. The van der Waals surface area contributed by atoms with Crippen LogP contribution in [0.15, 0.2) is 30.3 Å². The normalized spacial score (nSPS) is 40.1. The average molecular weight is 457 g/mol. The second kappa shape index (κ2) is 11.0. The lowest BCUT2D eigenvalue weighted by Gasteiger charge is -2.46. The summed E-state index contributed by atoms with van der Waals surface area (Å²) in [6.07, 6.45) is -11.4. The first-order chi connectivity index (χ1) is 15.2. The number of rotatable bonds is 7. The van der Waals surface area contributed by atoms with Crippen molar-refractivity contribution in [3.63, 3.8) is 0 Å². The zero-order valence-electron chi connectivity index (χ0n) is 17.9. The molecule has 0 unspecified atom stereocenters. The maximum Gasteiger partial charge on any atom is 0.217 e. The molecule has 32 heavy (non-hydrogen) atoms. The summed E-state index contributed by atoms with van der Waals surface area (Å²) in [5, 5.41) is 53.7. The molecule has 0 spiro atoms. The predicted octanol–water partition coefficient (Wildman–Crippen LogP) is -2.00. The van der Waals surface area contributed by atoms with E-state index in [0.29, 0.717) is 0 Å². The van der Waals surface area contributed by atoms with E-state index in [-0.39, 0.29) is 6.61 Å². The van der Waals surface area contributed by atoms with E-state index in [0.717, 1.165) is 5.56 Å². The first-order valence-electron chi connectivity index (χ1n) is 10.4. The smallest absolute Gasteiger partial charge is 0.217 e. The number of carbonyl (C=O) groups is 1. The SMILES string of the molecule is CC(=O)N[C@H]1[C@H](O[C@@H]2[C@H](O)[C@@H](OCc3ccccc3)[C@H](C)O[C@H]2O)O[C@H](CO)[C@H](O)[C@@H]1O. The topological polar surface area (TPSA) is 167 Å². The molecule has 1 aromatic carbocycles. The van der Waals surface area contributed by atoms with Crippen LogP contribution in [0.5, 0.6) is 0 Å². The van der Waals surface area contributed by atoms with Crippen molar-refractivity contribution in [1.29, 1.82) is 0 Å². The first kappa shape index (κ1) is 25.0. The Labute approximate surface area is 185 Å². The van der Waals surface area contributed by atoms with Gasteiger partial charge in [0.25, 0.3) is 0 Å². The lowest BCUT2D eigenvalue weighted by Crippen LogP contribution is -2.67. The van der Waals surface area contributed by atoms with Gasteiger partial charge in [-0.2, -0.15) is 0 Å². The van der Waals surface area contributed by atoms with Gasteiger partial charge in [0.1, 0.15) is 42.7 Å². The van der Waals surface area contributed by atoms with Crippen molar-refractivity contribution in [2.24, 2.45) is 0 Å². The number of carbonyl (C=O) groups excluding carboxylic acids is 1. The molecule has 3 rings (SSSR count). The Balaban J connectivity index is 1.74. The molecule has 11 heteroatoms. The summed E-state index contributed by atoms with van der Waals surface area (Å²) in [5.74, 6) is -0.528. The molecule has 6 N–H and O–H groups in total. The van der Waals surface area contributed by atoms with Crippen LogP contribution in [0.25, 0.3) is 0 Å². The largest absolute Gasteiger partial charge is 0.394 e. The number of hydrogen-bond acceptors (Lipinski definition) is 10. The molecule has 180 valence electrons. The Hall–Kier alpha value is -1.67. The Morgan fingerprint density at radius 2 is 1.72 bits per heavy atom. The highest BCUT2D eigenvalue weighted by Gasteiger charge is 2.50. The fourth-order valence-corrected chi connectivity index (χ4v) is 3.90. The molecule has 0 radical (unpaired) electrons. The highest BCUT2D eigenvalue weighted by atomic mass is 16.7. The fourth-order valence-electron chi connectivity index (χ4n) is 3.90. The van der Waals surface area contributed by atoms with Gasteiger partial charge in [0, 0.05) is 6.92 Å². The molecular formula is C21H31NO10. The van der Waals surface area contributed by atoms with Gasteiger partial charge in [-0.3, -0.25) is 4.79 Å². The van der Waals surface area contributed by atoms with Crippen LogP contribution < -0.4 is 5.32 Å². The minimum absolute atomic E-state index is 0.186. The van der Waals surface area contributed by atoms with Crippen molar-refractivity contribution in [2.45, 2.75) is 81.8 Å². The van der Waals surface area contributed by atoms with E-state index < -0.39 is 73.9 Å². The molecule has 2 saturated heterocycles. The van der Waals surface area contributed by atoms with Gasteiger partial charge in [-0.25, -0.2) is 0 Å². The summed E-state index contributed by atoms with van der Waals surface area (Å²) in [6, 6.07) is 8.06. The molecule has 11 nitrogen and oxygen atoms in total. The summed E-state index contributed by atoms with van der Waals surface area (Å²) in [4.78, 5) is 11.6. The van der Waals surface area contributed by atoms with Crippen molar-refractivity contribution < 1.29 is 49.3 Å². The van der Waals surface area contributed by atoms with Crippen LogP contribution in [-0.2, 0) is 30.3 Å². The van der Waals surface area contributed by atoms with Crippen molar-refractivity contribution >= 4 is 5.91 Å². The summed E-state index contributed by atoms with van der Waals surface area (Å²) >= 11 is 0. The van der Waals surface area contributed by atoms with Crippen LogP contribution >= 0.6 is 0 Å². The minimum atomic E-state index is -1.56. The lowest BCUT2D eigenvalue weighted by molar-refractivity contribution is -0.348. The molecule has 0 bridgehead atoms. The third kappa shape index (κ3) is 5.63. The predicted molar refractivity (Wildman–Crippen MR) is 108 cm³/mol. The highest BCUT2D eigenvalue weighted by Crippen LogP contribution is 2.30. The highest BCUT2D eigenvalue weighted by molar-refractivity contribution is 5.73.